The van der Waals surface area contributed by atoms with Gasteiger partial charge in [0.1, 0.15) is 17.0 Å². The summed E-state index contributed by atoms with van der Waals surface area (Å²) < 4.78 is 5.23. The highest BCUT2D eigenvalue weighted by atomic mass is 16.5. The van der Waals surface area contributed by atoms with Crippen LogP contribution < -0.4 is 15.0 Å². The van der Waals surface area contributed by atoms with Crippen LogP contribution in [-0.2, 0) is 0 Å². The van der Waals surface area contributed by atoms with Crippen molar-refractivity contribution in [1.29, 1.82) is 0 Å². The van der Waals surface area contributed by atoms with Crippen LogP contribution in [0.25, 0.3) is 22.4 Å². The van der Waals surface area contributed by atoms with E-state index >= 15 is 0 Å². The summed E-state index contributed by atoms with van der Waals surface area (Å²) >= 11 is 0. The van der Waals surface area contributed by atoms with E-state index in [2.05, 4.69) is 25.2 Å². The molecule has 0 radical (unpaired) electrons. The molecule has 1 saturated heterocycles. The minimum absolute atomic E-state index is 0.694. The Morgan fingerprint density at radius 1 is 1.04 bits per heavy atom. The van der Waals surface area contributed by atoms with Gasteiger partial charge in [-0.05, 0) is 24.3 Å². The first-order valence-electron chi connectivity index (χ1n) is 8.66. The molecule has 4 rings (SSSR count). The van der Waals surface area contributed by atoms with Crippen LogP contribution in [0.2, 0.25) is 0 Å². The van der Waals surface area contributed by atoms with Gasteiger partial charge in [-0.15, -0.1) is 0 Å². The molecule has 0 unspecified atom stereocenters. The third kappa shape index (κ3) is 3.56. The van der Waals surface area contributed by atoms with Crippen LogP contribution in [0.1, 0.15) is 13.8 Å². The lowest BCUT2D eigenvalue weighted by atomic mass is 10.1. The molecule has 0 amide bonds. The smallest absolute Gasteiger partial charge is 0.228 e. The molecule has 7 heteroatoms. The number of hydrogen-bond donors (Lipinski definition) is 2. The predicted octanol–water partition coefficient (Wildman–Crippen LogP) is 2.46. The first-order chi connectivity index (χ1) is 12.3. The summed E-state index contributed by atoms with van der Waals surface area (Å²) in [6.07, 6.45) is 1.66. The Balaban J connectivity index is 0.000000880. The van der Waals surface area contributed by atoms with Gasteiger partial charge in [-0.1, -0.05) is 13.8 Å². The minimum atomic E-state index is 0.694. The molecule has 2 aromatic heterocycles. The van der Waals surface area contributed by atoms with E-state index in [1.807, 2.05) is 38.1 Å². The first kappa shape index (κ1) is 17.2. The average Bonchev–Trinajstić information content (AvgIpc) is 3.18. The van der Waals surface area contributed by atoms with Gasteiger partial charge in [-0.3, -0.25) is 0 Å². The summed E-state index contributed by atoms with van der Waals surface area (Å²) in [7, 11) is 1.66. The maximum absolute atomic E-state index is 5.23. The van der Waals surface area contributed by atoms with E-state index in [9.17, 15) is 0 Å². The lowest BCUT2D eigenvalue weighted by molar-refractivity contribution is 0.415. The number of H-pyrrole nitrogens is 1. The van der Waals surface area contributed by atoms with Gasteiger partial charge < -0.3 is 19.9 Å². The zero-order valence-corrected chi connectivity index (χ0v) is 14.9. The Hall–Kier alpha value is -2.67. The average molecular weight is 340 g/mol. The number of benzene rings is 1. The monoisotopic (exact) mass is 340 g/mol. The van der Waals surface area contributed by atoms with Gasteiger partial charge in [0.15, 0.2) is 5.65 Å². The number of piperazine rings is 1. The highest BCUT2D eigenvalue weighted by molar-refractivity contribution is 5.88. The van der Waals surface area contributed by atoms with Gasteiger partial charge in [0.05, 0.1) is 13.4 Å². The fraction of sp³-hybridized carbons (Fsp3) is 0.389. The van der Waals surface area contributed by atoms with Crippen LogP contribution in [-0.4, -0.2) is 53.2 Å². The Morgan fingerprint density at radius 2 is 1.76 bits per heavy atom. The summed E-state index contributed by atoms with van der Waals surface area (Å²) in [6, 6.07) is 7.88. The van der Waals surface area contributed by atoms with E-state index in [1.54, 1.807) is 13.4 Å². The minimum Gasteiger partial charge on any atom is -0.497 e. The zero-order chi connectivity index (χ0) is 17.6. The quantitative estimate of drug-likeness (QED) is 0.762. The molecule has 0 spiro atoms. The molecule has 3 heterocycles. The van der Waals surface area contributed by atoms with Crippen LogP contribution in [0.15, 0.2) is 30.6 Å². The number of nitrogens with zero attached hydrogens (tertiary/aromatic N) is 4. The highest BCUT2D eigenvalue weighted by Crippen LogP contribution is 2.27. The van der Waals surface area contributed by atoms with Crippen LogP contribution in [0.4, 0.5) is 5.95 Å². The van der Waals surface area contributed by atoms with Crippen LogP contribution in [0, 0.1) is 0 Å². The molecule has 0 saturated carbocycles. The number of aromatic nitrogens is 4. The second-order valence-corrected chi connectivity index (χ2v) is 5.44. The second kappa shape index (κ2) is 7.94. The maximum Gasteiger partial charge on any atom is 0.228 e. The van der Waals surface area contributed by atoms with Gasteiger partial charge in [0, 0.05) is 31.7 Å². The van der Waals surface area contributed by atoms with Crippen molar-refractivity contribution in [2.75, 3.05) is 38.2 Å². The number of anilines is 1. The van der Waals surface area contributed by atoms with Crippen molar-refractivity contribution in [3.63, 3.8) is 0 Å². The molecule has 1 aromatic carbocycles. The number of imidazole rings is 1. The fourth-order valence-electron chi connectivity index (χ4n) is 2.79. The molecule has 1 aliphatic heterocycles. The maximum atomic E-state index is 5.23. The van der Waals surface area contributed by atoms with Crippen molar-refractivity contribution < 1.29 is 4.74 Å². The van der Waals surface area contributed by atoms with Gasteiger partial charge in [-0.25, -0.2) is 9.97 Å². The lowest BCUT2D eigenvalue weighted by Gasteiger charge is -2.27. The SMILES string of the molecule is CC.COc1ccc(-c2nc(N3CCNCC3)nc3nc[nH]c23)cc1. The van der Waals surface area contributed by atoms with E-state index in [4.69, 9.17) is 9.72 Å². The summed E-state index contributed by atoms with van der Waals surface area (Å²) in [6.45, 7) is 7.69. The van der Waals surface area contributed by atoms with Crippen LogP contribution in [0.5, 0.6) is 5.75 Å². The standard InChI is InChI=1S/C16H18N6O.C2H6/c1-23-12-4-2-11(3-5-12)13-14-15(19-10-18-14)21-16(20-13)22-8-6-17-7-9-22;1-2/h2-5,10,17H,6-9H2,1H3,(H,18,19,20,21);1-2H3. The molecule has 2 N–H and O–H groups in total. The number of nitrogens with one attached hydrogen (secondary N) is 2. The number of ether oxygens (including phenoxy) is 1. The van der Waals surface area contributed by atoms with E-state index in [1.165, 1.54) is 0 Å². The fourth-order valence-corrected chi connectivity index (χ4v) is 2.79. The summed E-state index contributed by atoms with van der Waals surface area (Å²) in [5.41, 5.74) is 3.43. The van der Waals surface area contributed by atoms with Gasteiger partial charge in [0.25, 0.3) is 0 Å². The number of fused-ring (bicyclic) bond motifs is 1. The zero-order valence-electron chi connectivity index (χ0n) is 14.9. The van der Waals surface area contributed by atoms with Crippen molar-refractivity contribution in [3.8, 4) is 17.0 Å². The Morgan fingerprint density at radius 3 is 2.44 bits per heavy atom. The first-order valence-corrected chi connectivity index (χ1v) is 8.66. The second-order valence-electron chi connectivity index (χ2n) is 5.44. The number of rotatable bonds is 3. The van der Waals surface area contributed by atoms with E-state index in [-0.39, 0.29) is 0 Å². The Labute approximate surface area is 147 Å². The Kier molecular flexibility index (Phi) is 5.45. The molecule has 132 valence electrons. The van der Waals surface area contributed by atoms with Gasteiger partial charge >= 0.3 is 0 Å². The van der Waals surface area contributed by atoms with E-state index in [0.29, 0.717) is 5.65 Å². The number of hydrogen-bond acceptors (Lipinski definition) is 6. The van der Waals surface area contributed by atoms with Crippen molar-refractivity contribution in [3.05, 3.63) is 30.6 Å². The molecule has 0 aliphatic carbocycles. The molecule has 7 nitrogen and oxygen atoms in total. The summed E-state index contributed by atoms with van der Waals surface area (Å²) in [4.78, 5) is 19.1. The Bertz CT molecular complexity index is 808. The number of aromatic amines is 1. The van der Waals surface area contributed by atoms with Crippen LogP contribution >= 0.6 is 0 Å². The van der Waals surface area contributed by atoms with E-state index in [0.717, 1.165) is 54.7 Å². The summed E-state index contributed by atoms with van der Waals surface area (Å²) in [5, 5.41) is 3.34. The van der Waals surface area contributed by atoms with Crippen LogP contribution in [0.3, 0.4) is 0 Å². The largest absolute Gasteiger partial charge is 0.497 e. The molecule has 0 atom stereocenters. The normalized spacial score (nSPS) is 14.1. The highest BCUT2D eigenvalue weighted by Gasteiger charge is 2.18. The van der Waals surface area contributed by atoms with Crippen molar-refractivity contribution in [2.24, 2.45) is 0 Å². The van der Waals surface area contributed by atoms with Crippen molar-refractivity contribution in [2.45, 2.75) is 13.8 Å². The molecule has 1 fully saturated rings. The van der Waals surface area contributed by atoms with Gasteiger partial charge in [0.2, 0.25) is 5.95 Å². The third-order valence-electron chi connectivity index (χ3n) is 4.04. The molecule has 0 bridgehead atoms. The van der Waals surface area contributed by atoms with Crippen molar-refractivity contribution >= 4 is 17.1 Å². The molecular formula is C18H24N6O. The van der Waals surface area contributed by atoms with Gasteiger partial charge in [-0.2, -0.15) is 4.98 Å². The molecular weight excluding hydrogens is 316 g/mol. The molecule has 1 aliphatic rings. The molecule has 25 heavy (non-hydrogen) atoms. The summed E-state index contributed by atoms with van der Waals surface area (Å²) in [5.74, 6) is 1.56. The third-order valence-corrected chi connectivity index (χ3v) is 4.04. The topological polar surface area (TPSA) is 79.0 Å². The van der Waals surface area contributed by atoms with E-state index < -0.39 is 0 Å². The van der Waals surface area contributed by atoms with Crippen molar-refractivity contribution in [1.82, 2.24) is 25.3 Å². The lowest BCUT2D eigenvalue weighted by Crippen LogP contribution is -2.44. The molecule has 3 aromatic rings. The number of methoxy groups -OCH3 is 1. The predicted molar refractivity (Wildman–Crippen MR) is 100 cm³/mol.